The number of ether oxygens (including phenoxy) is 2. The van der Waals surface area contributed by atoms with Gasteiger partial charge < -0.3 is 14.6 Å². The van der Waals surface area contributed by atoms with Crippen molar-refractivity contribution in [2.45, 2.75) is 6.42 Å². The van der Waals surface area contributed by atoms with Gasteiger partial charge in [-0.05, 0) is 0 Å². The molecule has 0 aromatic heterocycles. The van der Waals surface area contributed by atoms with Crippen molar-refractivity contribution < 1.29 is 14.6 Å². The molecule has 3 nitrogen and oxygen atoms in total. The molecule has 12 heavy (non-hydrogen) atoms. The predicted molar refractivity (Wildman–Crippen MR) is 43.9 cm³/mol. The van der Waals surface area contributed by atoms with Crippen molar-refractivity contribution in [3.8, 4) is 17.2 Å². The molecular formula is C9H10O3. The van der Waals surface area contributed by atoms with Gasteiger partial charge in [0.05, 0.1) is 13.7 Å². The molecule has 0 unspecified atom stereocenters. The Morgan fingerprint density at radius 1 is 1.50 bits per heavy atom. The number of phenolic OH excluding ortho intramolecular Hbond substituents is 1. The first-order valence-corrected chi connectivity index (χ1v) is 3.84. The minimum Gasteiger partial charge on any atom is -0.507 e. The van der Waals surface area contributed by atoms with Gasteiger partial charge in [0.1, 0.15) is 17.2 Å². The fourth-order valence-corrected chi connectivity index (χ4v) is 1.37. The molecule has 0 atom stereocenters. The number of benzene rings is 1. The van der Waals surface area contributed by atoms with Crippen LogP contribution in [0.15, 0.2) is 12.1 Å². The fourth-order valence-electron chi connectivity index (χ4n) is 1.37. The zero-order chi connectivity index (χ0) is 8.55. The van der Waals surface area contributed by atoms with Gasteiger partial charge in [-0.25, -0.2) is 0 Å². The Hall–Kier alpha value is -1.38. The monoisotopic (exact) mass is 166 g/mol. The van der Waals surface area contributed by atoms with Crippen molar-refractivity contribution in [1.29, 1.82) is 0 Å². The third-order valence-electron chi connectivity index (χ3n) is 2.00. The molecule has 1 aromatic carbocycles. The van der Waals surface area contributed by atoms with E-state index in [0.717, 1.165) is 17.7 Å². The molecule has 2 rings (SSSR count). The summed E-state index contributed by atoms with van der Waals surface area (Å²) in [5, 5.41) is 9.48. The Balaban J connectivity index is 2.51. The number of hydrogen-bond donors (Lipinski definition) is 1. The van der Waals surface area contributed by atoms with E-state index in [-0.39, 0.29) is 5.75 Å². The predicted octanol–water partition coefficient (Wildman–Crippen LogP) is 1.34. The van der Waals surface area contributed by atoms with Gasteiger partial charge in [0.25, 0.3) is 0 Å². The van der Waals surface area contributed by atoms with Crippen LogP contribution in [0.25, 0.3) is 0 Å². The summed E-state index contributed by atoms with van der Waals surface area (Å²) in [6, 6.07) is 3.40. The third kappa shape index (κ3) is 0.978. The summed E-state index contributed by atoms with van der Waals surface area (Å²) < 4.78 is 10.3. The normalized spacial score (nSPS) is 13.8. The maximum absolute atomic E-state index is 9.48. The molecule has 0 bridgehead atoms. The van der Waals surface area contributed by atoms with Gasteiger partial charge in [0.15, 0.2) is 0 Å². The third-order valence-corrected chi connectivity index (χ3v) is 2.00. The van der Waals surface area contributed by atoms with E-state index >= 15 is 0 Å². The zero-order valence-corrected chi connectivity index (χ0v) is 6.83. The molecule has 0 spiro atoms. The lowest BCUT2D eigenvalue weighted by atomic mass is 10.1. The van der Waals surface area contributed by atoms with Gasteiger partial charge in [-0.2, -0.15) is 0 Å². The van der Waals surface area contributed by atoms with E-state index in [0.29, 0.717) is 12.4 Å². The SMILES string of the molecule is COc1cc(O)c2c(c1)OCC2. The van der Waals surface area contributed by atoms with Gasteiger partial charge in [0, 0.05) is 24.1 Å². The van der Waals surface area contributed by atoms with Gasteiger partial charge in [-0.15, -0.1) is 0 Å². The highest BCUT2D eigenvalue weighted by Gasteiger charge is 2.17. The summed E-state index contributed by atoms with van der Waals surface area (Å²) in [6.45, 7) is 0.649. The number of rotatable bonds is 1. The Kier molecular flexibility index (Phi) is 1.57. The molecule has 0 fully saturated rings. The van der Waals surface area contributed by atoms with E-state index in [1.807, 2.05) is 0 Å². The number of aromatic hydroxyl groups is 1. The summed E-state index contributed by atoms with van der Waals surface area (Å²) in [6.07, 6.45) is 0.783. The smallest absolute Gasteiger partial charge is 0.130 e. The second kappa shape index (κ2) is 2.59. The van der Waals surface area contributed by atoms with Crippen LogP contribution in [0.4, 0.5) is 0 Å². The van der Waals surface area contributed by atoms with Crippen molar-refractivity contribution in [1.82, 2.24) is 0 Å². The van der Waals surface area contributed by atoms with Crippen LogP contribution in [0.3, 0.4) is 0 Å². The molecule has 1 aromatic rings. The average Bonchev–Trinajstić information content (AvgIpc) is 2.52. The van der Waals surface area contributed by atoms with Crippen molar-refractivity contribution in [2.75, 3.05) is 13.7 Å². The summed E-state index contributed by atoms with van der Waals surface area (Å²) in [7, 11) is 1.57. The van der Waals surface area contributed by atoms with Crippen molar-refractivity contribution in [2.24, 2.45) is 0 Å². The molecule has 1 aliphatic rings. The molecular weight excluding hydrogens is 156 g/mol. The molecule has 0 amide bonds. The van der Waals surface area contributed by atoms with E-state index in [1.165, 1.54) is 0 Å². The molecule has 64 valence electrons. The second-order valence-electron chi connectivity index (χ2n) is 2.72. The van der Waals surface area contributed by atoms with Crippen LogP contribution in [0, 0.1) is 0 Å². The van der Waals surface area contributed by atoms with Crippen LogP contribution in [0.5, 0.6) is 17.2 Å². The summed E-state index contributed by atoms with van der Waals surface area (Å²) in [5.74, 6) is 1.64. The molecule has 1 aliphatic heterocycles. The second-order valence-corrected chi connectivity index (χ2v) is 2.72. The molecule has 0 saturated carbocycles. The standard InChI is InChI=1S/C9H10O3/c1-11-6-4-8(10)7-2-3-12-9(7)5-6/h4-5,10H,2-3H2,1H3. The Morgan fingerprint density at radius 3 is 3.08 bits per heavy atom. The molecule has 3 heteroatoms. The molecule has 1 heterocycles. The Morgan fingerprint density at radius 2 is 2.33 bits per heavy atom. The van der Waals surface area contributed by atoms with Crippen LogP contribution >= 0.6 is 0 Å². The molecule has 0 aliphatic carbocycles. The molecule has 0 saturated heterocycles. The highest BCUT2D eigenvalue weighted by molar-refractivity contribution is 5.51. The number of hydrogen-bond acceptors (Lipinski definition) is 3. The average molecular weight is 166 g/mol. The fraction of sp³-hybridized carbons (Fsp3) is 0.333. The van der Waals surface area contributed by atoms with Crippen molar-refractivity contribution in [3.05, 3.63) is 17.7 Å². The Bertz CT molecular complexity index is 307. The highest BCUT2D eigenvalue weighted by atomic mass is 16.5. The van der Waals surface area contributed by atoms with E-state index < -0.39 is 0 Å². The first-order valence-electron chi connectivity index (χ1n) is 3.84. The minimum absolute atomic E-state index is 0.266. The maximum Gasteiger partial charge on any atom is 0.130 e. The minimum atomic E-state index is 0.266. The summed E-state index contributed by atoms with van der Waals surface area (Å²) in [4.78, 5) is 0. The number of fused-ring (bicyclic) bond motifs is 1. The van der Waals surface area contributed by atoms with Crippen LogP contribution in [0.1, 0.15) is 5.56 Å². The summed E-state index contributed by atoms with van der Waals surface area (Å²) >= 11 is 0. The van der Waals surface area contributed by atoms with E-state index in [9.17, 15) is 5.11 Å². The number of methoxy groups -OCH3 is 1. The van der Waals surface area contributed by atoms with Gasteiger partial charge in [-0.1, -0.05) is 0 Å². The summed E-state index contributed by atoms with van der Waals surface area (Å²) in [5.41, 5.74) is 0.885. The van der Waals surface area contributed by atoms with Crippen molar-refractivity contribution in [3.63, 3.8) is 0 Å². The lowest BCUT2D eigenvalue weighted by Gasteiger charge is -2.04. The van der Waals surface area contributed by atoms with Crippen LogP contribution in [-0.4, -0.2) is 18.8 Å². The van der Waals surface area contributed by atoms with E-state index in [2.05, 4.69) is 0 Å². The maximum atomic E-state index is 9.48. The first-order chi connectivity index (χ1) is 5.81. The first kappa shape index (κ1) is 7.28. The zero-order valence-electron chi connectivity index (χ0n) is 6.83. The van der Waals surface area contributed by atoms with E-state index in [4.69, 9.17) is 9.47 Å². The lowest BCUT2D eigenvalue weighted by molar-refractivity contribution is 0.352. The van der Waals surface area contributed by atoms with Crippen LogP contribution in [0.2, 0.25) is 0 Å². The topological polar surface area (TPSA) is 38.7 Å². The number of phenols is 1. The van der Waals surface area contributed by atoms with Gasteiger partial charge in [0.2, 0.25) is 0 Å². The Labute approximate surface area is 70.5 Å². The van der Waals surface area contributed by atoms with Gasteiger partial charge in [-0.3, -0.25) is 0 Å². The molecule has 0 radical (unpaired) electrons. The van der Waals surface area contributed by atoms with E-state index in [1.54, 1.807) is 19.2 Å². The molecule has 1 N–H and O–H groups in total. The van der Waals surface area contributed by atoms with Gasteiger partial charge >= 0.3 is 0 Å². The lowest BCUT2D eigenvalue weighted by Crippen LogP contribution is -1.86. The van der Waals surface area contributed by atoms with Crippen LogP contribution < -0.4 is 9.47 Å². The highest BCUT2D eigenvalue weighted by Crippen LogP contribution is 2.36. The largest absolute Gasteiger partial charge is 0.507 e. The van der Waals surface area contributed by atoms with Crippen LogP contribution in [-0.2, 0) is 6.42 Å². The van der Waals surface area contributed by atoms with Crippen molar-refractivity contribution >= 4 is 0 Å². The quantitative estimate of drug-likeness (QED) is 0.684.